The van der Waals surface area contributed by atoms with Crippen LogP contribution < -0.4 is 5.32 Å². The zero-order valence-electron chi connectivity index (χ0n) is 12.8. The van der Waals surface area contributed by atoms with Crippen LogP contribution in [0.3, 0.4) is 0 Å². The van der Waals surface area contributed by atoms with Gasteiger partial charge in [-0.25, -0.2) is 0 Å². The van der Waals surface area contributed by atoms with Crippen LogP contribution in [0, 0.1) is 5.41 Å². The first kappa shape index (κ1) is 15.7. The SMILES string of the molecule is CCC1(C(=O)N(C)CC2(O)CCOCC2)CCNCC1. The Hall–Kier alpha value is -0.650. The molecule has 116 valence electrons. The molecular weight excluding hydrogens is 256 g/mol. The Bertz CT molecular complexity index is 334. The zero-order valence-corrected chi connectivity index (χ0v) is 12.8. The third-order valence-corrected chi connectivity index (χ3v) is 4.99. The summed E-state index contributed by atoms with van der Waals surface area (Å²) in [5, 5.41) is 13.9. The minimum Gasteiger partial charge on any atom is -0.388 e. The van der Waals surface area contributed by atoms with Crippen molar-refractivity contribution in [1.29, 1.82) is 0 Å². The molecule has 0 aliphatic carbocycles. The number of carbonyl (C=O) groups excluding carboxylic acids is 1. The van der Waals surface area contributed by atoms with Gasteiger partial charge in [0.15, 0.2) is 0 Å². The molecule has 0 aromatic rings. The number of aliphatic hydroxyl groups is 1. The molecule has 5 heteroatoms. The van der Waals surface area contributed by atoms with Gasteiger partial charge < -0.3 is 20.1 Å². The van der Waals surface area contributed by atoms with E-state index in [1.165, 1.54) is 0 Å². The van der Waals surface area contributed by atoms with Crippen LogP contribution in [-0.4, -0.2) is 61.4 Å². The van der Waals surface area contributed by atoms with Crippen LogP contribution in [0.25, 0.3) is 0 Å². The van der Waals surface area contributed by atoms with Gasteiger partial charge in [0.05, 0.1) is 11.0 Å². The summed E-state index contributed by atoms with van der Waals surface area (Å²) in [6.45, 7) is 5.50. The van der Waals surface area contributed by atoms with Gasteiger partial charge in [-0.15, -0.1) is 0 Å². The topological polar surface area (TPSA) is 61.8 Å². The van der Waals surface area contributed by atoms with Crippen LogP contribution in [0.4, 0.5) is 0 Å². The van der Waals surface area contributed by atoms with Gasteiger partial charge in [-0.2, -0.15) is 0 Å². The van der Waals surface area contributed by atoms with Crippen molar-refractivity contribution >= 4 is 5.91 Å². The monoisotopic (exact) mass is 284 g/mol. The number of ether oxygens (including phenoxy) is 1. The first-order valence-electron chi connectivity index (χ1n) is 7.78. The predicted octanol–water partition coefficient (Wildman–Crippen LogP) is 0.766. The van der Waals surface area contributed by atoms with Gasteiger partial charge in [-0.1, -0.05) is 6.92 Å². The first-order valence-corrected chi connectivity index (χ1v) is 7.78. The molecule has 0 aromatic carbocycles. The third-order valence-electron chi connectivity index (χ3n) is 4.99. The van der Waals surface area contributed by atoms with Gasteiger partial charge in [-0.05, 0) is 32.4 Å². The summed E-state index contributed by atoms with van der Waals surface area (Å²) >= 11 is 0. The van der Waals surface area contributed by atoms with Gasteiger partial charge >= 0.3 is 0 Å². The minimum absolute atomic E-state index is 0.196. The van der Waals surface area contributed by atoms with Crippen molar-refractivity contribution in [1.82, 2.24) is 10.2 Å². The maximum Gasteiger partial charge on any atom is 0.228 e. The van der Waals surface area contributed by atoms with E-state index in [0.717, 1.165) is 32.4 Å². The Kier molecular flexibility index (Phi) is 5.04. The minimum atomic E-state index is -0.773. The lowest BCUT2D eigenvalue weighted by molar-refractivity contribution is -0.149. The van der Waals surface area contributed by atoms with Gasteiger partial charge in [0.1, 0.15) is 0 Å². The Morgan fingerprint density at radius 3 is 2.40 bits per heavy atom. The van der Waals surface area contributed by atoms with Gasteiger partial charge in [0.25, 0.3) is 0 Å². The molecular formula is C15H28N2O3. The Morgan fingerprint density at radius 1 is 1.25 bits per heavy atom. The van der Waals surface area contributed by atoms with Crippen molar-refractivity contribution in [2.24, 2.45) is 5.41 Å². The molecule has 5 nitrogen and oxygen atoms in total. The van der Waals surface area contributed by atoms with E-state index in [1.807, 2.05) is 7.05 Å². The van der Waals surface area contributed by atoms with Crippen molar-refractivity contribution < 1.29 is 14.6 Å². The van der Waals surface area contributed by atoms with E-state index in [2.05, 4.69) is 12.2 Å². The lowest BCUT2D eigenvalue weighted by atomic mass is 9.75. The van der Waals surface area contributed by atoms with Crippen molar-refractivity contribution in [2.75, 3.05) is 39.9 Å². The first-order chi connectivity index (χ1) is 9.51. The largest absolute Gasteiger partial charge is 0.388 e. The lowest BCUT2D eigenvalue weighted by Crippen LogP contribution is -2.53. The average Bonchev–Trinajstić information content (AvgIpc) is 2.47. The highest BCUT2D eigenvalue weighted by Gasteiger charge is 2.41. The van der Waals surface area contributed by atoms with E-state index in [9.17, 15) is 9.90 Å². The molecule has 2 N–H and O–H groups in total. The second-order valence-electron chi connectivity index (χ2n) is 6.38. The number of amides is 1. The van der Waals surface area contributed by atoms with Crippen LogP contribution in [0.1, 0.15) is 39.0 Å². The number of hydrogen-bond donors (Lipinski definition) is 2. The van der Waals surface area contributed by atoms with Crippen molar-refractivity contribution in [3.05, 3.63) is 0 Å². The van der Waals surface area contributed by atoms with Crippen LogP contribution in [-0.2, 0) is 9.53 Å². The summed E-state index contributed by atoms with van der Waals surface area (Å²) in [4.78, 5) is 14.6. The van der Waals surface area contributed by atoms with Crippen LogP contribution >= 0.6 is 0 Å². The highest BCUT2D eigenvalue weighted by Crippen LogP contribution is 2.35. The molecule has 1 amide bonds. The molecule has 20 heavy (non-hydrogen) atoms. The summed E-state index contributed by atoms with van der Waals surface area (Å²) in [7, 11) is 1.83. The number of likely N-dealkylation sites (N-methyl/N-ethyl adjacent to an activating group) is 1. The van der Waals surface area contributed by atoms with E-state index in [1.54, 1.807) is 4.90 Å². The Balaban J connectivity index is 1.99. The summed E-state index contributed by atoms with van der Waals surface area (Å²) in [6.07, 6.45) is 3.90. The Morgan fingerprint density at radius 2 is 1.85 bits per heavy atom. The molecule has 2 heterocycles. The number of piperidine rings is 1. The molecule has 0 saturated carbocycles. The van der Waals surface area contributed by atoms with Crippen molar-refractivity contribution in [3.8, 4) is 0 Å². The van der Waals surface area contributed by atoms with Crippen LogP contribution in [0.15, 0.2) is 0 Å². The quantitative estimate of drug-likeness (QED) is 0.800. The number of rotatable bonds is 4. The molecule has 2 fully saturated rings. The van der Waals surface area contributed by atoms with Gasteiger partial charge in [-0.3, -0.25) is 4.79 Å². The smallest absolute Gasteiger partial charge is 0.228 e. The zero-order chi connectivity index (χ0) is 14.6. The molecule has 0 spiro atoms. The average molecular weight is 284 g/mol. The summed E-state index contributed by atoms with van der Waals surface area (Å²) < 4.78 is 5.29. The molecule has 0 aromatic heterocycles. The highest BCUT2D eigenvalue weighted by molar-refractivity contribution is 5.82. The number of carbonyl (C=O) groups is 1. The molecule has 0 bridgehead atoms. The fraction of sp³-hybridized carbons (Fsp3) is 0.933. The summed E-state index contributed by atoms with van der Waals surface area (Å²) in [6, 6.07) is 0. The number of nitrogens with one attached hydrogen (secondary N) is 1. The standard InChI is InChI=1S/C15H28N2O3/c1-3-14(4-8-16-9-5-14)13(18)17(2)12-15(19)6-10-20-11-7-15/h16,19H,3-12H2,1-2H3. The van der Waals surface area contributed by atoms with Crippen molar-refractivity contribution in [2.45, 2.75) is 44.6 Å². The second kappa shape index (κ2) is 6.41. The summed E-state index contributed by atoms with van der Waals surface area (Å²) in [5.74, 6) is 0.196. The van der Waals surface area contributed by atoms with E-state index < -0.39 is 5.60 Å². The molecule has 2 aliphatic heterocycles. The normalized spacial score (nSPS) is 25.1. The van der Waals surface area contributed by atoms with E-state index in [0.29, 0.717) is 32.6 Å². The van der Waals surface area contributed by atoms with Gasteiger partial charge in [0, 0.05) is 39.6 Å². The second-order valence-corrected chi connectivity index (χ2v) is 6.38. The molecule has 0 unspecified atom stereocenters. The predicted molar refractivity (Wildman–Crippen MR) is 77.5 cm³/mol. The molecule has 0 radical (unpaired) electrons. The van der Waals surface area contributed by atoms with Gasteiger partial charge in [0.2, 0.25) is 5.91 Å². The van der Waals surface area contributed by atoms with Crippen molar-refractivity contribution in [3.63, 3.8) is 0 Å². The van der Waals surface area contributed by atoms with Crippen LogP contribution in [0.5, 0.6) is 0 Å². The molecule has 2 saturated heterocycles. The fourth-order valence-corrected chi connectivity index (χ4v) is 3.45. The molecule has 0 atom stereocenters. The lowest BCUT2D eigenvalue weighted by Gasteiger charge is -2.41. The maximum absolute atomic E-state index is 12.8. The third kappa shape index (κ3) is 3.32. The molecule has 2 aliphatic rings. The number of hydrogen-bond acceptors (Lipinski definition) is 4. The number of nitrogens with zero attached hydrogens (tertiary/aromatic N) is 1. The van der Waals surface area contributed by atoms with E-state index in [4.69, 9.17) is 4.74 Å². The maximum atomic E-state index is 12.8. The fourth-order valence-electron chi connectivity index (χ4n) is 3.45. The van der Waals surface area contributed by atoms with Crippen LogP contribution in [0.2, 0.25) is 0 Å². The molecule has 2 rings (SSSR count). The summed E-state index contributed by atoms with van der Waals surface area (Å²) in [5.41, 5.74) is -1.01. The Labute approximate surface area is 121 Å². The van der Waals surface area contributed by atoms with E-state index in [-0.39, 0.29) is 11.3 Å². The van der Waals surface area contributed by atoms with E-state index >= 15 is 0 Å². The highest BCUT2D eigenvalue weighted by atomic mass is 16.5.